The van der Waals surface area contributed by atoms with Gasteiger partial charge in [-0.05, 0) is 18.5 Å². The van der Waals surface area contributed by atoms with Gasteiger partial charge in [0.25, 0.3) is 0 Å². The van der Waals surface area contributed by atoms with Crippen molar-refractivity contribution in [1.82, 2.24) is 4.31 Å². The monoisotopic (exact) mass is 193 g/mol. The number of hydrogen-bond donors (Lipinski definition) is 0. The zero-order valence-corrected chi connectivity index (χ0v) is 7.82. The van der Waals surface area contributed by atoms with Gasteiger partial charge in [-0.25, -0.2) is 0 Å². The van der Waals surface area contributed by atoms with E-state index in [0.29, 0.717) is 11.3 Å². The van der Waals surface area contributed by atoms with Crippen LogP contribution in [0.2, 0.25) is 0 Å². The molecule has 0 saturated carbocycles. The van der Waals surface area contributed by atoms with Crippen LogP contribution in [0.4, 0.5) is 0 Å². The fourth-order valence-corrected chi connectivity index (χ4v) is 1.34. The van der Waals surface area contributed by atoms with Gasteiger partial charge in [0.15, 0.2) is 0 Å². The van der Waals surface area contributed by atoms with E-state index in [1.807, 2.05) is 6.92 Å². The lowest BCUT2D eigenvalue weighted by molar-refractivity contribution is 0.397. The Morgan fingerprint density at radius 1 is 1.73 bits per heavy atom. The highest BCUT2D eigenvalue weighted by atomic mass is 35.5. The molecule has 0 aliphatic carbocycles. The molecule has 62 valence electrons. The minimum absolute atomic E-state index is 0.310. The number of halogens is 1. The van der Waals surface area contributed by atoms with Crippen molar-refractivity contribution in [3.05, 3.63) is 0 Å². The summed E-state index contributed by atoms with van der Waals surface area (Å²) in [6, 6.07) is 0.310. The van der Waals surface area contributed by atoms with Crippen LogP contribution in [-0.4, -0.2) is 29.3 Å². The largest absolute Gasteiger partial charge is 0.466 e. The molecule has 0 atom stereocenters. The zero-order chi connectivity index (χ0) is 8.27. The van der Waals surface area contributed by atoms with E-state index < -0.39 is 0 Å². The molecule has 0 fully saturated rings. The van der Waals surface area contributed by atoms with Crippen LogP contribution in [-0.2, 0) is 4.74 Å². The number of nitrogens with zero attached hydrogens (tertiary/aromatic N) is 3. The van der Waals surface area contributed by atoms with E-state index in [9.17, 15) is 0 Å². The molecule has 0 spiro atoms. The first-order valence-corrected chi connectivity index (χ1v) is 4.19. The lowest BCUT2D eigenvalue weighted by Gasteiger charge is -2.18. The molecule has 0 aromatic carbocycles. The van der Waals surface area contributed by atoms with Crippen molar-refractivity contribution in [2.45, 2.75) is 6.92 Å². The molecule has 0 bridgehead atoms. The Morgan fingerprint density at radius 3 is 2.91 bits per heavy atom. The third-order valence-electron chi connectivity index (χ3n) is 1.08. The summed E-state index contributed by atoms with van der Waals surface area (Å²) < 4.78 is 10.5. The van der Waals surface area contributed by atoms with E-state index in [1.54, 1.807) is 4.31 Å². The van der Waals surface area contributed by atoms with Gasteiger partial charge >= 0.3 is 6.02 Å². The van der Waals surface area contributed by atoms with Crippen LogP contribution in [0, 0.1) is 0 Å². The maximum Gasteiger partial charge on any atom is 0.327 e. The van der Waals surface area contributed by atoms with Gasteiger partial charge < -0.3 is 4.74 Å². The lowest BCUT2D eigenvalue weighted by atomic mass is 10.8. The van der Waals surface area contributed by atoms with Crippen molar-refractivity contribution in [3.63, 3.8) is 0 Å². The molecule has 0 radical (unpaired) electrons. The van der Waals surface area contributed by atoms with Gasteiger partial charge in [0, 0.05) is 6.54 Å². The SMILES string of the molecule is CCN1SN=C(OC)N=C1Cl. The second kappa shape index (κ2) is 3.82. The van der Waals surface area contributed by atoms with Gasteiger partial charge in [0.1, 0.15) is 12.1 Å². The molecule has 0 N–H and O–H groups in total. The first-order chi connectivity index (χ1) is 5.27. The highest BCUT2D eigenvalue weighted by Gasteiger charge is 2.14. The van der Waals surface area contributed by atoms with Gasteiger partial charge in [0.05, 0.1) is 7.11 Å². The molecule has 1 aliphatic rings. The van der Waals surface area contributed by atoms with Crippen molar-refractivity contribution in [1.29, 1.82) is 0 Å². The predicted octanol–water partition coefficient (Wildman–Crippen LogP) is 1.48. The second-order valence-electron chi connectivity index (χ2n) is 1.74. The molecule has 1 aliphatic heterocycles. The normalized spacial score (nSPS) is 17.5. The average Bonchev–Trinajstić information content (AvgIpc) is 2.04. The van der Waals surface area contributed by atoms with Crippen molar-refractivity contribution in [2.75, 3.05) is 13.7 Å². The van der Waals surface area contributed by atoms with Crippen LogP contribution in [0.25, 0.3) is 0 Å². The second-order valence-corrected chi connectivity index (χ2v) is 2.86. The fourth-order valence-electron chi connectivity index (χ4n) is 0.544. The van der Waals surface area contributed by atoms with Crippen molar-refractivity contribution in [2.24, 2.45) is 9.39 Å². The minimum Gasteiger partial charge on any atom is -0.466 e. The number of amidine groups is 2. The highest BCUT2D eigenvalue weighted by molar-refractivity contribution is 7.96. The molecule has 11 heavy (non-hydrogen) atoms. The van der Waals surface area contributed by atoms with E-state index >= 15 is 0 Å². The topological polar surface area (TPSA) is 37.2 Å². The van der Waals surface area contributed by atoms with Crippen LogP contribution in [0.5, 0.6) is 0 Å². The highest BCUT2D eigenvalue weighted by Crippen LogP contribution is 2.18. The molecule has 0 unspecified atom stereocenters. The molecule has 0 saturated heterocycles. The first-order valence-electron chi connectivity index (χ1n) is 3.08. The molecule has 0 amide bonds. The molecular formula is C5H8ClN3OS. The quantitative estimate of drug-likeness (QED) is 0.468. The molecular weight excluding hydrogens is 186 g/mol. The molecule has 6 heteroatoms. The van der Waals surface area contributed by atoms with Crippen molar-refractivity contribution in [3.8, 4) is 0 Å². The Bertz CT molecular complexity index is 206. The summed E-state index contributed by atoms with van der Waals surface area (Å²) in [5, 5.41) is 0.407. The minimum atomic E-state index is 0.310. The maximum atomic E-state index is 5.75. The Hall–Kier alpha value is -0.420. The summed E-state index contributed by atoms with van der Waals surface area (Å²) >= 11 is 6.99. The fraction of sp³-hybridized carbons (Fsp3) is 0.600. The van der Waals surface area contributed by atoms with Gasteiger partial charge in [-0.1, -0.05) is 0 Å². The number of ether oxygens (including phenoxy) is 1. The Balaban J connectivity index is 2.65. The van der Waals surface area contributed by atoms with Gasteiger partial charge in [-0.15, -0.1) is 4.40 Å². The van der Waals surface area contributed by atoms with Crippen LogP contribution in [0.3, 0.4) is 0 Å². The van der Waals surface area contributed by atoms with E-state index in [1.165, 1.54) is 19.2 Å². The number of methoxy groups -OCH3 is 1. The Labute approximate surface area is 74.6 Å². The van der Waals surface area contributed by atoms with E-state index in [2.05, 4.69) is 9.39 Å². The Morgan fingerprint density at radius 2 is 2.45 bits per heavy atom. The van der Waals surface area contributed by atoms with Gasteiger partial charge in [-0.3, -0.25) is 4.31 Å². The summed E-state index contributed by atoms with van der Waals surface area (Å²) in [5.41, 5.74) is 0. The summed E-state index contributed by atoms with van der Waals surface area (Å²) in [4.78, 5) is 3.87. The predicted molar refractivity (Wildman–Crippen MR) is 47.7 cm³/mol. The van der Waals surface area contributed by atoms with Crippen LogP contribution in [0.15, 0.2) is 9.39 Å². The Kier molecular flexibility index (Phi) is 3.02. The van der Waals surface area contributed by atoms with Gasteiger partial charge in [0.2, 0.25) is 5.29 Å². The number of rotatable bonds is 1. The number of aliphatic imine (C=N–C) groups is 1. The maximum absolute atomic E-state index is 5.75. The van der Waals surface area contributed by atoms with E-state index in [0.717, 1.165) is 6.54 Å². The summed E-state index contributed by atoms with van der Waals surface area (Å²) in [7, 11) is 1.51. The third kappa shape index (κ3) is 2.00. The van der Waals surface area contributed by atoms with Crippen LogP contribution in [0.1, 0.15) is 6.92 Å². The van der Waals surface area contributed by atoms with Gasteiger partial charge in [-0.2, -0.15) is 4.99 Å². The van der Waals surface area contributed by atoms with Crippen LogP contribution >= 0.6 is 23.7 Å². The average molecular weight is 194 g/mol. The molecule has 0 aromatic rings. The lowest BCUT2D eigenvalue weighted by Crippen LogP contribution is -2.23. The summed E-state index contributed by atoms with van der Waals surface area (Å²) in [5.74, 6) is 0. The molecule has 0 aromatic heterocycles. The molecule has 4 nitrogen and oxygen atoms in total. The van der Waals surface area contributed by atoms with Crippen LogP contribution < -0.4 is 0 Å². The zero-order valence-electron chi connectivity index (χ0n) is 6.24. The van der Waals surface area contributed by atoms with E-state index in [-0.39, 0.29) is 0 Å². The molecule has 1 rings (SSSR count). The number of hydrogen-bond acceptors (Lipinski definition) is 5. The van der Waals surface area contributed by atoms with Crippen molar-refractivity contribution >= 4 is 35.1 Å². The van der Waals surface area contributed by atoms with Crippen molar-refractivity contribution < 1.29 is 4.74 Å². The third-order valence-corrected chi connectivity index (χ3v) is 2.34. The first kappa shape index (κ1) is 8.67. The standard InChI is InChI=1S/C5H8ClN3OS/c1-3-9-4(6)7-5(10-2)8-11-9/h3H2,1-2H3. The smallest absolute Gasteiger partial charge is 0.327 e. The van der Waals surface area contributed by atoms with E-state index in [4.69, 9.17) is 16.3 Å². The molecule has 1 heterocycles. The summed E-state index contributed by atoms with van der Waals surface area (Å²) in [6.07, 6.45) is 0. The summed E-state index contributed by atoms with van der Waals surface area (Å²) in [6.45, 7) is 2.74.